The van der Waals surface area contributed by atoms with Gasteiger partial charge in [-0.05, 0) is 55.5 Å². The molecule has 0 fully saturated rings. The van der Waals surface area contributed by atoms with E-state index in [4.69, 9.17) is 11.6 Å². The van der Waals surface area contributed by atoms with E-state index in [9.17, 15) is 19.1 Å². The Morgan fingerprint density at radius 1 is 1.23 bits per heavy atom. The minimum atomic E-state index is -0.597. The second-order valence-corrected chi connectivity index (χ2v) is 7.59. The van der Waals surface area contributed by atoms with Crippen molar-refractivity contribution < 1.29 is 14.3 Å². The van der Waals surface area contributed by atoms with E-state index < -0.39 is 24.0 Å². The van der Waals surface area contributed by atoms with Crippen LogP contribution in [0.3, 0.4) is 0 Å². The highest BCUT2D eigenvalue weighted by Gasteiger charge is 2.24. The first-order chi connectivity index (χ1) is 14.3. The quantitative estimate of drug-likeness (QED) is 0.529. The normalized spacial score (nSPS) is 13.1. The van der Waals surface area contributed by atoms with E-state index in [-0.39, 0.29) is 17.1 Å². The van der Waals surface area contributed by atoms with Crippen molar-refractivity contribution in [3.8, 4) is 0 Å². The van der Waals surface area contributed by atoms with E-state index in [0.29, 0.717) is 17.5 Å². The molecule has 0 aliphatic carbocycles. The van der Waals surface area contributed by atoms with Gasteiger partial charge in [0, 0.05) is 23.8 Å². The SMILES string of the molecule is CC(O)CCN(C(=O)Nc1ccc(F)c(Cl)c1)C(C)c1c[nH]c(=O)c2ccccc12. The summed E-state index contributed by atoms with van der Waals surface area (Å²) in [4.78, 5) is 29.5. The Bertz CT molecular complexity index is 1120. The van der Waals surface area contributed by atoms with Gasteiger partial charge in [-0.1, -0.05) is 29.8 Å². The number of benzene rings is 2. The van der Waals surface area contributed by atoms with Crippen LogP contribution in [0.15, 0.2) is 53.5 Å². The molecule has 1 heterocycles. The first kappa shape index (κ1) is 21.8. The van der Waals surface area contributed by atoms with Crippen LogP contribution in [0, 0.1) is 5.82 Å². The Morgan fingerprint density at radius 2 is 1.93 bits per heavy atom. The van der Waals surface area contributed by atoms with E-state index in [1.54, 1.807) is 30.2 Å². The molecule has 2 amide bonds. The molecule has 0 radical (unpaired) electrons. The highest BCUT2D eigenvalue weighted by molar-refractivity contribution is 6.31. The van der Waals surface area contributed by atoms with Gasteiger partial charge in [0.2, 0.25) is 0 Å². The number of carbonyl (C=O) groups is 1. The molecule has 2 atom stereocenters. The number of hydrogen-bond donors (Lipinski definition) is 3. The molecule has 3 aromatic rings. The van der Waals surface area contributed by atoms with Crippen LogP contribution in [0.4, 0.5) is 14.9 Å². The van der Waals surface area contributed by atoms with Crippen molar-refractivity contribution in [2.24, 2.45) is 0 Å². The second-order valence-electron chi connectivity index (χ2n) is 7.18. The van der Waals surface area contributed by atoms with Gasteiger partial charge in [0.1, 0.15) is 5.82 Å². The Morgan fingerprint density at radius 3 is 2.60 bits per heavy atom. The monoisotopic (exact) mass is 431 g/mol. The summed E-state index contributed by atoms with van der Waals surface area (Å²) >= 11 is 5.81. The molecule has 0 saturated heterocycles. The van der Waals surface area contributed by atoms with E-state index >= 15 is 0 Å². The van der Waals surface area contributed by atoms with Crippen molar-refractivity contribution in [1.82, 2.24) is 9.88 Å². The molecular formula is C22H23ClFN3O3. The lowest BCUT2D eigenvalue weighted by atomic mass is 10.0. The van der Waals surface area contributed by atoms with Crippen molar-refractivity contribution in [3.63, 3.8) is 0 Å². The van der Waals surface area contributed by atoms with E-state index in [1.807, 2.05) is 19.1 Å². The molecule has 0 spiro atoms. The van der Waals surface area contributed by atoms with Crippen molar-refractivity contribution in [1.29, 1.82) is 0 Å². The van der Waals surface area contributed by atoms with Crippen molar-refractivity contribution in [3.05, 3.63) is 75.4 Å². The zero-order chi connectivity index (χ0) is 21.8. The molecule has 0 aliphatic rings. The first-order valence-corrected chi connectivity index (χ1v) is 9.96. The van der Waals surface area contributed by atoms with Gasteiger partial charge in [-0.15, -0.1) is 0 Å². The highest BCUT2D eigenvalue weighted by atomic mass is 35.5. The van der Waals surface area contributed by atoms with Crippen LogP contribution in [0.25, 0.3) is 10.8 Å². The topological polar surface area (TPSA) is 85.4 Å². The number of aliphatic hydroxyl groups excluding tert-OH is 1. The van der Waals surface area contributed by atoms with Gasteiger partial charge in [-0.3, -0.25) is 4.79 Å². The summed E-state index contributed by atoms with van der Waals surface area (Å²) in [6, 6.07) is 10.3. The van der Waals surface area contributed by atoms with Gasteiger partial charge in [-0.25, -0.2) is 9.18 Å². The number of rotatable bonds is 6. The number of aromatic amines is 1. The summed E-state index contributed by atoms with van der Waals surface area (Å²) in [6.07, 6.45) is 1.37. The van der Waals surface area contributed by atoms with Gasteiger partial charge in [0.05, 0.1) is 17.2 Å². The minimum Gasteiger partial charge on any atom is -0.393 e. The highest BCUT2D eigenvalue weighted by Crippen LogP contribution is 2.27. The van der Waals surface area contributed by atoms with Crippen LogP contribution in [0.2, 0.25) is 5.02 Å². The molecule has 158 valence electrons. The van der Waals surface area contributed by atoms with E-state index in [2.05, 4.69) is 10.3 Å². The molecule has 3 rings (SSSR count). The number of hydrogen-bond acceptors (Lipinski definition) is 3. The summed E-state index contributed by atoms with van der Waals surface area (Å²) in [5, 5.41) is 13.6. The number of aromatic nitrogens is 1. The van der Waals surface area contributed by atoms with Crippen LogP contribution >= 0.6 is 11.6 Å². The number of carbonyl (C=O) groups excluding carboxylic acids is 1. The maximum atomic E-state index is 13.4. The van der Waals surface area contributed by atoms with Crippen molar-refractivity contribution in [2.45, 2.75) is 32.4 Å². The lowest BCUT2D eigenvalue weighted by molar-refractivity contribution is 0.149. The van der Waals surface area contributed by atoms with Crippen LogP contribution in [-0.2, 0) is 0 Å². The number of pyridine rings is 1. The third-order valence-corrected chi connectivity index (χ3v) is 5.27. The van der Waals surface area contributed by atoms with Crippen LogP contribution < -0.4 is 10.9 Å². The molecule has 6 nitrogen and oxygen atoms in total. The largest absolute Gasteiger partial charge is 0.393 e. The average molecular weight is 432 g/mol. The number of H-pyrrole nitrogens is 1. The number of halogens is 2. The molecule has 3 N–H and O–H groups in total. The number of anilines is 1. The maximum absolute atomic E-state index is 13.4. The zero-order valence-electron chi connectivity index (χ0n) is 16.7. The fourth-order valence-electron chi connectivity index (χ4n) is 3.31. The number of aliphatic hydroxyl groups is 1. The molecule has 0 saturated carbocycles. The average Bonchev–Trinajstić information content (AvgIpc) is 2.71. The number of nitrogens with one attached hydrogen (secondary N) is 2. The second kappa shape index (κ2) is 9.28. The fraction of sp³-hybridized carbons (Fsp3) is 0.273. The predicted octanol–water partition coefficient (Wildman–Crippen LogP) is 4.69. The van der Waals surface area contributed by atoms with Gasteiger partial charge >= 0.3 is 6.03 Å². The number of amides is 2. The number of fused-ring (bicyclic) bond motifs is 1. The minimum absolute atomic E-state index is 0.0944. The Hall–Kier alpha value is -2.90. The van der Waals surface area contributed by atoms with Gasteiger partial charge in [0.15, 0.2) is 0 Å². The molecule has 0 bridgehead atoms. The zero-order valence-corrected chi connectivity index (χ0v) is 17.4. The summed E-state index contributed by atoms with van der Waals surface area (Å²) in [7, 11) is 0. The van der Waals surface area contributed by atoms with Gasteiger partial charge in [-0.2, -0.15) is 0 Å². The molecule has 8 heteroatoms. The smallest absolute Gasteiger partial charge is 0.322 e. The third kappa shape index (κ3) is 4.80. The molecular weight excluding hydrogens is 409 g/mol. The van der Waals surface area contributed by atoms with Gasteiger partial charge < -0.3 is 20.3 Å². The summed E-state index contributed by atoms with van der Waals surface area (Å²) < 4.78 is 13.4. The lowest BCUT2D eigenvalue weighted by Crippen LogP contribution is -2.39. The fourth-order valence-corrected chi connectivity index (χ4v) is 3.49. The van der Waals surface area contributed by atoms with Crippen LogP contribution in [0.1, 0.15) is 31.9 Å². The van der Waals surface area contributed by atoms with Crippen LogP contribution in [-0.4, -0.2) is 33.7 Å². The van der Waals surface area contributed by atoms with Crippen LogP contribution in [0.5, 0.6) is 0 Å². The molecule has 30 heavy (non-hydrogen) atoms. The third-order valence-electron chi connectivity index (χ3n) is 4.98. The number of nitrogens with zero attached hydrogens (tertiary/aromatic N) is 1. The van der Waals surface area contributed by atoms with Crippen molar-refractivity contribution in [2.75, 3.05) is 11.9 Å². The molecule has 0 aliphatic heterocycles. The predicted molar refractivity (Wildman–Crippen MR) is 116 cm³/mol. The van der Waals surface area contributed by atoms with E-state index in [0.717, 1.165) is 10.9 Å². The Kier molecular flexibility index (Phi) is 6.74. The Labute approximate surface area is 178 Å². The van der Waals surface area contributed by atoms with Crippen molar-refractivity contribution >= 4 is 34.1 Å². The Balaban J connectivity index is 1.94. The molecule has 2 unspecified atom stereocenters. The summed E-state index contributed by atoms with van der Waals surface area (Å²) in [5.41, 5.74) is 0.914. The maximum Gasteiger partial charge on any atom is 0.322 e. The van der Waals surface area contributed by atoms with E-state index in [1.165, 1.54) is 18.2 Å². The molecule has 1 aromatic heterocycles. The lowest BCUT2D eigenvalue weighted by Gasteiger charge is -2.31. The summed E-state index contributed by atoms with van der Waals surface area (Å²) in [5.74, 6) is -0.575. The first-order valence-electron chi connectivity index (χ1n) is 9.59. The van der Waals surface area contributed by atoms with Gasteiger partial charge in [0.25, 0.3) is 5.56 Å². The molecule has 2 aromatic carbocycles. The number of urea groups is 1. The summed E-state index contributed by atoms with van der Waals surface area (Å²) in [6.45, 7) is 3.77. The standard InChI is InChI=1S/C22H23ClFN3O3/c1-13(28)9-10-27(22(30)26-15-7-8-20(24)19(23)11-15)14(2)18-12-25-21(29)17-6-4-3-5-16(17)18/h3-8,11-14,28H,9-10H2,1-2H3,(H,25,29)(H,26,30).